The zero-order valence-electron chi connectivity index (χ0n) is 7.33. The molecule has 2 nitrogen and oxygen atoms in total. The first-order valence-corrected chi connectivity index (χ1v) is 5.06. The third-order valence-electron chi connectivity index (χ3n) is 2.32. The van der Waals surface area contributed by atoms with Crippen molar-refractivity contribution in [3.8, 4) is 12.3 Å². The molecule has 13 heavy (non-hydrogen) atoms. The summed E-state index contributed by atoms with van der Waals surface area (Å²) in [5.74, 6) is 2.69. The van der Waals surface area contributed by atoms with Gasteiger partial charge in [-0.05, 0) is 18.8 Å². The molecule has 0 saturated carbocycles. The van der Waals surface area contributed by atoms with Crippen molar-refractivity contribution in [2.45, 2.75) is 24.9 Å². The molecule has 2 N–H and O–H groups in total. The van der Waals surface area contributed by atoms with Crippen molar-refractivity contribution in [2.75, 3.05) is 6.61 Å². The predicted molar refractivity (Wildman–Crippen MR) is 55.2 cm³/mol. The average molecular weight is 245 g/mol. The van der Waals surface area contributed by atoms with Crippen molar-refractivity contribution in [1.82, 2.24) is 0 Å². The van der Waals surface area contributed by atoms with Gasteiger partial charge < -0.3 is 10.2 Å². The van der Waals surface area contributed by atoms with Gasteiger partial charge in [0.05, 0.1) is 0 Å². The number of aliphatic hydroxyl groups is 2. The zero-order valence-corrected chi connectivity index (χ0v) is 8.92. The van der Waals surface area contributed by atoms with Crippen molar-refractivity contribution >= 4 is 15.9 Å². The molecule has 72 valence electrons. The minimum absolute atomic E-state index is 0.146. The van der Waals surface area contributed by atoms with Gasteiger partial charge in [-0.2, -0.15) is 0 Å². The molecule has 0 aromatic carbocycles. The number of halogens is 1. The molecule has 0 heterocycles. The second-order valence-corrected chi connectivity index (χ2v) is 4.26. The Morgan fingerprint density at radius 3 is 3.00 bits per heavy atom. The van der Waals surface area contributed by atoms with Crippen LogP contribution >= 0.6 is 15.9 Å². The molecule has 0 aromatic rings. The van der Waals surface area contributed by atoms with Gasteiger partial charge >= 0.3 is 0 Å². The SMILES string of the molecule is C#CCC1(O)CC(CCO)C=C1Br. The van der Waals surface area contributed by atoms with Crippen LogP contribution < -0.4 is 0 Å². The second-order valence-electron chi connectivity index (χ2n) is 3.40. The molecule has 1 rings (SSSR count). The quantitative estimate of drug-likeness (QED) is 0.738. The summed E-state index contributed by atoms with van der Waals surface area (Å²) in [6.45, 7) is 0.146. The average Bonchev–Trinajstić information content (AvgIpc) is 2.29. The number of aliphatic hydroxyl groups excluding tert-OH is 1. The molecular formula is C10H13BrO2. The summed E-state index contributed by atoms with van der Waals surface area (Å²) in [5, 5.41) is 18.8. The normalized spacial score (nSPS) is 32.8. The zero-order chi connectivity index (χ0) is 9.90. The smallest absolute Gasteiger partial charge is 0.107 e. The lowest BCUT2D eigenvalue weighted by molar-refractivity contribution is 0.0807. The van der Waals surface area contributed by atoms with Crippen LogP contribution in [-0.4, -0.2) is 22.4 Å². The van der Waals surface area contributed by atoms with E-state index in [9.17, 15) is 5.11 Å². The summed E-state index contributed by atoms with van der Waals surface area (Å²) in [4.78, 5) is 0. The minimum Gasteiger partial charge on any atom is -0.396 e. The predicted octanol–water partition coefficient (Wildman–Crippen LogP) is 1.42. The lowest BCUT2D eigenvalue weighted by atomic mass is 9.94. The van der Waals surface area contributed by atoms with Crippen LogP contribution in [0.15, 0.2) is 10.6 Å². The van der Waals surface area contributed by atoms with E-state index in [-0.39, 0.29) is 12.5 Å². The van der Waals surface area contributed by atoms with Crippen molar-refractivity contribution in [3.63, 3.8) is 0 Å². The van der Waals surface area contributed by atoms with E-state index in [4.69, 9.17) is 11.5 Å². The van der Waals surface area contributed by atoms with E-state index in [2.05, 4.69) is 21.9 Å². The third kappa shape index (κ3) is 2.34. The maximum Gasteiger partial charge on any atom is 0.107 e. The Labute approximate surface area is 86.8 Å². The monoisotopic (exact) mass is 244 g/mol. The van der Waals surface area contributed by atoms with Crippen molar-refractivity contribution in [2.24, 2.45) is 5.92 Å². The van der Waals surface area contributed by atoms with Crippen molar-refractivity contribution in [3.05, 3.63) is 10.6 Å². The fourth-order valence-corrected chi connectivity index (χ4v) is 2.30. The lowest BCUT2D eigenvalue weighted by Gasteiger charge is -2.21. The van der Waals surface area contributed by atoms with Gasteiger partial charge in [-0.1, -0.05) is 22.0 Å². The van der Waals surface area contributed by atoms with Crippen LogP contribution in [0.25, 0.3) is 0 Å². The van der Waals surface area contributed by atoms with Gasteiger partial charge in [-0.3, -0.25) is 0 Å². The molecule has 2 unspecified atom stereocenters. The van der Waals surface area contributed by atoms with E-state index in [1.807, 2.05) is 6.08 Å². The standard InChI is InChI=1S/C10H13BrO2/c1-2-4-10(13)7-8(3-5-12)6-9(10)11/h1,6,8,12-13H,3-5,7H2. The van der Waals surface area contributed by atoms with Gasteiger partial charge in [0.1, 0.15) is 5.60 Å². The number of allylic oxidation sites excluding steroid dienone is 1. The highest BCUT2D eigenvalue weighted by Crippen LogP contribution is 2.41. The molecular weight excluding hydrogens is 232 g/mol. The van der Waals surface area contributed by atoms with Crippen LogP contribution in [0.5, 0.6) is 0 Å². The number of rotatable bonds is 3. The Kier molecular flexibility index (Phi) is 3.55. The van der Waals surface area contributed by atoms with E-state index >= 15 is 0 Å². The molecule has 0 radical (unpaired) electrons. The molecule has 0 aliphatic heterocycles. The molecule has 2 atom stereocenters. The summed E-state index contributed by atoms with van der Waals surface area (Å²) in [6.07, 6.45) is 8.72. The van der Waals surface area contributed by atoms with E-state index in [0.29, 0.717) is 19.3 Å². The van der Waals surface area contributed by atoms with E-state index in [1.165, 1.54) is 0 Å². The highest BCUT2D eigenvalue weighted by atomic mass is 79.9. The van der Waals surface area contributed by atoms with Crippen LogP contribution in [-0.2, 0) is 0 Å². The molecule has 1 aliphatic rings. The second kappa shape index (κ2) is 4.28. The summed E-state index contributed by atoms with van der Waals surface area (Å²) in [7, 11) is 0. The summed E-state index contributed by atoms with van der Waals surface area (Å²) >= 11 is 3.31. The van der Waals surface area contributed by atoms with Gasteiger partial charge in [0, 0.05) is 17.5 Å². The molecule has 0 bridgehead atoms. The van der Waals surface area contributed by atoms with E-state index < -0.39 is 5.60 Å². The Balaban J connectivity index is 2.65. The van der Waals surface area contributed by atoms with Crippen LogP contribution in [0.3, 0.4) is 0 Å². The highest BCUT2D eigenvalue weighted by molar-refractivity contribution is 9.11. The van der Waals surface area contributed by atoms with Crippen LogP contribution in [0.4, 0.5) is 0 Å². The van der Waals surface area contributed by atoms with Crippen molar-refractivity contribution < 1.29 is 10.2 Å². The molecule has 1 aliphatic carbocycles. The fourth-order valence-electron chi connectivity index (χ4n) is 1.63. The number of terminal acetylenes is 1. The first-order valence-electron chi connectivity index (χ1n) is 4.27. The maximum absolute atomic E-state index is 10.0. The molecule has 0 amide bonds. The van der Waals surface area contributed by atoms with Crippen LogP contribution in [0.2, 0.25) is 0 Å². The van der Waals surface area contributed by atoms with Crippen LogP contribution in [0, 0.1) is 18.3 Å². The number of hydrogen-bond acceptors (Lipinski definition) is 2. The molecule has 0 saturated heterocycles. The summed E-state index contributed by atoms with van der Waals surface area (Å²) < 4.78 is 0.761. The Morgan fingerprint density at radius 2 is 2.46 bits per heavy atom. The number of hydrogen-bond donors (Lipinski definition) is 2. The van der Waals surface area contributed by atoms with Gasteiger partial charge in [-0.15, -0.1) is 12.3 Å². The molecule has 0 aromatic heterocycles. The Hall–Kier alpha value is -0.300. The van der Waals surface area contributed by atoms with Gasteiger partial charge in [0.25, 0.3) is 0 Å². The van der Waals surface area contributed by atoms with E-state index in [1.54, 1.807) is 0 Å². The first kappa shape index (κ1) is 10.8. The minimum atomic E-state index is -0.894. The maximum atomic E-state index is 10.0. The topological polar surface area (TPSA) is 40.5 Å². The Bertz CT molecular complexity index is 254. The fraction of sp³-hybridized carbons (Fsp3) is 0.600. The molecule has 0 fully saturated rings. The highest BCUT2D eigenvalue weighted by Gasteiger charge is 2.37. The lowest BCUT2D eigenvalue weighted by Crippen LogP contribution is -2.26. The van der Waals surface area contributed by atoms with Crippen LogP contribution in [0.1, 0.15) is 19.3 Å². The Morgan fingerprint density at radius 1 is 1.77 bits per heavy atom. The summed E-state index contributed by atoms with van der Waals surface area (Å²) in [5.41, 5.74) is -0.894. The van der Waals surface area contributed by atoms with E-state index in [0.717, 1.165) is 4.48 Å². The van der Waals surface area contributed by atoms with Gasteiger partial charge in [-0.25, -0.2) is 0 Å². The molecule has 0 spiro atoms. The van der Waals surface area contributed by atoms with Gasteiger partial charge in [0.15, 0.2) is 0 Å². The largest absolute Gasteiger partial charge is 0.396 e. The summed E-state index contributed by atoms with van der Waals surface area (Å²) in [6, 6.07) is 0. The third-order valence-corrected chi connectivity index (χ3v) is 3.32. The van der Waals surface area contributed by atoms with Crippen molar-refractivity contribution in [1.29, 1.82) is 0 Å². The molecule has 3 heteroatoms. The first-order chi connectivity index (χ1) is 6.12. The van der Waals surface area contributed by atoms with Gasteiger partial charge in [0.2, 0.25) is 0 Å².